The third kappa shape index (κ3) is 1.85. The summed E-state index contributed by atoms with van der Waals surface area (Å²) in [6, 6.07) is 0. The second kappa shape index (κ2) is 3.67. The summed E-state index contributed by atoms with van der Waals surface area (Å²) < 4.78 is 4.90. The highest BCUT2D eigenvalue weighted by molar-refractivity contribution is 7.13. The van der Waals surface area contributed by atoms with E-state index >= 15 is 0 Å². The van der Waals surface area contributed by atoms with Crippen LogP contribution in [0, 0.1) is 0 Å². The molecular formula is C8H7N3O2S. The van der Waals surface area contributed by atoms with Crippen LogP contribution in [0.15, 0.2) is 16.2 Å². The molecule has 0 saturated heterocycles. The average molecular weight is 209 g/mol. The Morgan fingerprint density at radius 3 is 3.14 bits per heavy atom. The van der Waals surface area contributed by atoms with Crippen LogP contribution in [0.4, 0.5) is 0 Å². The normalized spacial score (nSPS) is 10.4. The molecule has 0 aliphatic heterocycles. The molecule has 0 spiro atoms. The van der Waals surface area contributed by atoms with Crippen molar-refractivity contribution in [3.05, 3.63) is 17.6 Å². The topological polar surface area (TPSA) is 68.9 Å². The van der Waals surface area contributed by atoms with Gasteiger partial charge in [0.1, 0.15) is 5.78 Å². The number of carbonyl (C=O) groups excluding carboxylic acids is 1. The van der Waals surface area contributed by atoms with Crippen LogP contribution in [0.25, 0.3) is 10.7 Å². The summed E-state index contributed by atoms with van der Waals surface area (Å²) >= 11 is 1.43. The predicted octanol–water partition coefficient (Wildman–Crippen LogP) is 1.32. The summed E-state index contributed by atoms with van der Waals surface area (Å²) in [7, 11) is 0. The molecule has 0 aromatic carbocycles. The Hall–Kier alpha value is -1.56. The fourth-order valence-electron chi connectivity index (χ4n) is 0.966. The van der Waals surface area contributed by atoms with Crippen LogP contribution in [0.1, 0.15) is 12.8 Å². The zero-order valence-corrected chi connectivity index (χ0v) is 8.24. The van der Waals surface area contributed by atoms with Gasteiger partial charge in [-0.15, -0.1) is 11.3 Å². The molecule has 72 valence electrons. The lowest BCUT2D eigenvalue weighted by Crippen LogP contribution is -1.95. The monoisotopic (exact) mass is 209 g/mol. The molecule has 2 rings (SSSR count). The number of aromatic nitrogens is 3. The number of nitrogens with zero attached hydrogens (tertiary/aromatic N) is 3. The molecule has 0 fully saturated rings. The molecule has 0 N–H and O–H groups in total. The van der Waals surface area contributed by atoms with Crippen LogP contribution in [0.5, 0.6) is 0 Å². The molecule has 14 heavy (non-hydrogen) atoms. The Balaban J connectivity index is 2.22. The number of hydrogen-bond donors (Lipinski definition) is 0. The standard InChI is InChI=1S/C8H7N3O2S/c1-5(12)2-7-10-8(11-13-7)6-3-9-4-14-6/h3-4H,2H2,1H3. The van der Waals surface area contributed by atoms with Crippen molar-refractivity contribution in [2.45, 2.75) is 13.3 Å². The highest BCUT2D eigenvalue weighted by Gasteiger charge is 2.10. The van der Waals surface area contributed by atoms with Gasteiger partial charge in [-0.1, -0.05) is 5.16 Å². The molecule has 0 radical (unpaired) electrons. The van der Waals surface area contributed by atoms with Crippen molar-refractivity contribution < 1.29 is 9.32 Å². The van der Waals surface area contributed by atoms with Gasteiger partial charge in [-0.2, -0.15) is 4.98 Å². The van der Waals surface area contributed by atoms with Gasteiger partial charge in [-0.25, -0.2) is 0 Å². The minimum Gasteiger partial charge on any atom is -0.338 e. The summed E-state index contributed by atoms with van der Waals surface area (Å²) in [6.07, 6.45) is 1.85. The first-order valence-corrected chi connectivity index (χ1v) is 4.84. The van der Waals surface area contributed by atoms with Crippen LogP contribution in [0.3, 0.4) is 0 Å². The minimum atomic E-state index is 0.00417. The van der Waals surface area contributed by atoms with Crippen molar-refractivity contribution in [2.24, 2.45) is 0 Å². The lowest BCUT2D eigenvalue weighted by molar-refractivity contribution is -0.116. The van der Waals surface area contributed by atoms with E-state index in [1.807, 2.05) is 0 Å². The number of hydrogen-bond acceptors (Lipinski definition) is 6. The van der Waals surface area contributed by atoms with E-state index < -0.39 is 0 Å². The van der Waals surface area contributed by atoms with E-state index in [2.05, 4.69) is 15.1 Å². The number of Topliss-reactive ketones (excluding diaryl/α,β-unsaturated/α-hetero) is 1. The molecule has 5 nitrogen and oxygen atoms in total. The smallest absolute Gasteiger partial charge is 0.234 e. The molecule has 2 aromatic rings. The Labute approximate surface area is 83.8 Å². The zero-order valence-electron chi connectivity index (χ0n) is 7.43. The van der Waals surface area contributed by atoms with Crippen molar-refractivity contribution in [3.8, 4) is 10.7 Å². The molecule has 0 bridgehead atoms. The van der Waals surface area contributed by atoms with Crippen molar-refractivity contribution in [1.82, 2.24) is 15.1 Å². The van der Waals surface area contributed by atoms with Gasteiger partial charge in [-0.3, -0.25) is 9.78 Å². The zero-order chi connectivity index (χ0) is 9.97. The predicted molar refractivity (Wildman–Crippen MR) is 49.8 cm³/mol. The Kier molecular flexibility index (Phi) is 2.36. The van der Waals surface area contributed by atoms with Crippen molar-refractivity contribution in [1.29, 1.82) is 0 Å². The molecule has 2 heterocycles. The van der Waals surface area contributed by atoms with Crippen LogP contribution in [0.2, 0.25) is 0 Å². The quantitative estimate of drug-likeness (QED) is 0.762. The third-order valence-corrected chi connectivity index (χ3v) is 2.29. The summed E-state index contributed by atoms with van der Waals surface area (Å²) in [5.74, 6) is 0.842. The summed E-state index contributed by atoms with van der Waals surface area (Å²) in [6.45, 7) is 1.48. The van der Waals surface area contributed by atoms with E-state index in [9.17, 15) is 4.79 Å². The van der Waals surface area contributed by atoms with Gasteiger partial charge in [0.05, 0.1) is 16.8 Å². The molecule has 0 unspecified atom stereocenters. The Morgan fingerprint density at radius 1 is 1.64 bits per heavy atom. The van der Waals surface area contributed by atoms with Gasteiger partial charge in [0.15, 0.2) is 0 Å². The van der Waals surface area contributed by atoms with Crippen LogP contribution in [-0.2, 0) is 11.2 Å². The highest BCUT2D eigenvalue weighted by Crippen LogP contribution is 2.19. The van der Waals surface area contributed by atoms with Gasteiger partial charge >= 0.3 is 0 Å². The van der Waals surface area contributed by atoms with Crippen LogP contribution in [-0.4, -0.2) is 20.9 Å². The van der Waals surface area contributed by atoms with E-state index in [1.54, 1.807) is 11.7 Å². The molecule has 0 atom stereocenters. The summed E-state index contributed by atoms with van der Waals surface area (Å²) in [4.78, 5) is 19.6. The lowest BCUT2D eigenvalue weighted by Gasteiger charge is -1.83. The molecule has 0 aliphatic carbocycles. The molecule has 0 amide bonds. The number of carbonyl (C=O) groups is 1. The van der Waals surface area contributed by atoms with Crippen LogP contribution < -0.4 is 0 Å². The molecule has 0 aliphatic rings. The van der Waals surface area contributed by atoms with Crippen molar-refractivity contribution in [3.63, 3.8) is 0 Å². The second-order valence-corrected chi connectivity index (χ2v) is 3.64. The van der Waals surface area contributed by atoms with E-state index in [4.69, 9.17) is 4.52 Å². The first-order valence-electron chi connectivity index (χ1n) is 3.96. The van der Waals surface area contributed by atoms with Gasteiger partial charge in [-0.05, 0) is 6.92 Å². The Morgan fingerprint density at radius 2 is 2.50 bits per heavy atom. The van der Waals surface area contributed by atoms with E-state index in [-0.39, 0.29) is 12.2 Å². The fraction of sp³-hybridized carbons (Fsp3) is 0.250. The van der Waals surface area contributed by atoms with Crippen LogP contribution >= 0.6 is 11.3 Å². The SMILES string of the molecule is CC(=O)Cc1nc(-c2cncs2)no1. The number of ketones is 1. The first-order chi connectivity index (χ1) is 6.75. The highest BCUT2D eigenvalue weighted by atomic mass is 32.1. The lowest BCUT2D eigenvalue weighted by atomic mass is 10.3. The van der Waals surface area contributed by atoms with Gasteiger partial charge in [0.25, 0.3) is 0 Å². The van der Waals surface area contributed by atoms with Crippen molar-refractivity contribution in [2.75, 3.05) is 0 Å². The molecule has 2 aromatic heterocycles. The number of rotatable bonds is 3. The Bertz CT molecular complexity index is 435. The summed E-state index contributed by atoms with van der Waals surface area (Å²) in [5.41, 5.74) is 1.69. The maximum absolute atomic E-state index is 10.8. The second-order valence-electron chi connectivity index (χ2n) is 2.76. The first kappa shape index (κ1) is 9.01. The van der Waals surface area contributed by atoms with E-state index in [0.717, 1.165) is 4.88 Å². The molecule has 0 saturated carbocycles. The largest absolute Gasteiger partial charge is 0.338 e. The van der Waals surface area contributed by atoms with E-state index in [1.165, 1.54) is 18.3 Å². The van der Waals surface area contributed by atoms with Crippen molar-refractivity contribution >= 4 is 17.1 Å². The van der Waals surface area contributed by atoms with E-state index in [0.29, 0.717) is 11.7 Å². The third-order valence-electron chi connectivity index (χ3n) is 1.52. The molecular weight excluding hydrogens is 202 g/mol. The fourth-order valence-corrected chi connectivity index (χ4v) is 1.51. The molecule has 6 heteroatoms. The maximum Gasteiger partial charge on any atom is 0.234 e. The van der Waals surface area contributed by atoms with Gasteiger partial charge < -0.3 is 4.52 Å². The average Bonchev–Trinajstić information content (AvgIpc) is 2.69. The minimum absolute atomic E-state index is 0.00417. The summed E-state index contributed by atoms with van der Waals surface area (Å²) in [5, 5.41) is 3.74. The van der Waals surface area contributed by atoms with Gasteiger partial charge in [0.2, 0.25) is 11.7 Å². The van der Waals surface area contributed by atoms with Gasteiger partial charge in [0, 0.05) is 6.20 Å². The number of thiazole rings is 1. The maximum atomic E-state index is 10.8.